The number of aliphatic hydroxyl groups excluding tert-OH is 1. The van der Waals surface area contributed by atoms with Gasteiger partial charge in [-0.1, -0.05) is 17.7 Å². The van der Waals surface area contributed by atoms with E-state index in [9.17, 15) is 5.11 Å². The summed E-state index contributed by atoms with van der Waals surface area (Å²) in [4.78, 5) is 0. The molecule has 2 heterocycles. The molecule has 0 aromatic heterocycles. The van der Waals surface area contributed by atoms with Crippen molar-refractivity contribution in [3.8, 4) is 6.07 Å². The molecule has 0 amide bonds. The van der Waals surface area contributed by atoms with Gasteiger partial charge in [0, 0.05) is 18.7 Å². The minimum absolute atomic E-state index is 0.135. The van der Waals surface area contributed by atoms with E-state index in [0.29, 0.717) is 23.6 Å². The highest BCUT2D eigenvalue weighted by molar-refractivity contribution is 6.33. The van der Waals surface area contributed by atoms with E-state index in [1.54, 1.807) is 6.07 Å². The highest BCUT2D eigenvalue weighted by Gasteiger charge is 2.46. The Balaban J connectivity index is 2.04. The van der Waals surface area contributed by atoms with Gasteiger partial charge < -0.3 is 9.84 Å². The number of hydrogen-bond donors (Lipinski definition) is 1. The molecule has 0 bridgehead atoms. The summed E-state index contributed by atoms with van der Waals surface area (Å²) in [6, 6.07) is 5.51. The van der Waals surface area contributed by atoms with Gasteiger partial charge in [-0.05, 0) is 31.9 Å². The van der Waals surface area contributed by atoms with E-state index in [1.807, 2.05) is 24.9 Å². The third-order valence-electron chi connectivity index (χ3n) is 4.34. The summed E-state index contributed by atoms with van der Waals surface area (Å²) in [6.45, 7) is 5.08. The zero-order valence-electron chi connectivity index (χ0n) is 12.6. The Kier molecular flexibility index (Phi) is 4.09. The molecule has 2 aliphatic rings. The molecule has 1 fully saturated rings. The Bertz CT molecular complexity index is 668. The first-order chi connectivity index (χ1) is 10.6. The van der Waals surface area contributed by atoms with Gasteiger partial charge in [0.2, 0.25) is 0 Å². The summed E-state index contributed by atoms with van der Waals surface area (Å²) >= 11 is 6.27. The molecule has 1 N–H and O–H groups in total. The normalized spacial score (nSPS) is 26.8. The molecule has 0 saturated carbocycles. The van der Waals surface area contributed by atoms with Crippen LogP contribution >= 0.6 is 11.6 Å². The number of nitrogens with zero attached hydrogens (tertiary/aromatic N) is 3. The van der Waals surface area contributed by atoms with Gasteiger partial charge in [0.1, 0.15) is 18.2 Å². The van der Waals surface area contributed by atoms with Gasteiger partial charge >= 0.3 is 0 Å². The fraction of sp³-hybridized carbons (Fsp3) is 0.500. The third kappa shape index (κ3) is 2.28. The summed E-state index contributed by atoms with van der Waals surface area (Å²) in [5.74, 6) is 0. The van der Waals surface area contributed by atoms with Gasteiger partial charge in [-0.25, -0.2) is 0 Å². The number of nitriles is 1. The average Bonchev–Trinajstić information content (AvgIpc) is 3.04. The zero-order valence-corrected chi connectivity index (χ0v) is 13.3. The van der Waals surface area contributed by atoms with Gasteiger partial charge in [0.25, 0.3) is 0 Å². The molecule has 3 atom stereocenters. The number of ether oxygens (including phenoxy) is 1. The van der Waals surface area contributed by atoms with Crippen LogP contribution in [-0.2, 0) is 4.74 Å². The van der Waals surface area contributed by atoms with E-state index in [4.69, 9.17) is 21.6 Å². The minimum Gasteiger partial charge on any atom is -0.391 e. The van der Waals surface area contributed by atoms with Crippen LogP contribution in [0.2, 0.25) is 5.02 Å². The van der Waals surface area contributed by atoms with Crippen molar-refractivity contribution < 1.29 is 9.84 Å². The number of fused-ring (bicyclic) bond motifs is 1. The largest absolute Gasteiger partial charge is 0.391 e. The molecule has 1 aromatic carbocycles. The quantitative estimate of drug-likeness (QED) is 0.926. The van der Waals surface area contributed by atoms with Crippen molar-refractivity contribution in [2.45, 2.75) is 38.5 Å². The SMILES string of the molecule is CCOC1C(c2ccc(C#N)c(Cl)c2C)=NN2CCC(O)C12. The van der Waals surface area contributed by atoms with E-state index in [-0.39, 0.29) is 12.1 Å². The molecule has 0 spiro atoms. The summed E-state index contributed by atoms with van der Waals surface area (Å²) in [7, 11) is 0. The monoisotopic (exact) mass is 319 g/mol. The lowest BCUT2D eigenvalue weighted by Crippen LogP contribution is -2.42. The van der Waals surface area contributed by atoms with Crippen LogP contribution in [-0.4, -0.2) is 47.2 Å². The number of hydrogen-bond acceptors (Lipinski definition) is 5. The second-order valence-electron chi connectivity index (χ2n) is 5.58. The van der Waals surface area contributed by atoms with Crippen LogP contribution in [0.15, 0.2) is 17.2 Å². The van der Waals surface area contributed by atoms with E-state index in [1.165, 1.54) is 0 Å². The Labute approximate surface area is 134 Å². The molecule has 22 heavy (non-hydrogen) atoms. The fourth-order valence-corrected chi connectivity index (χ4v) is 3.43. The lowest BCUT2D eigenvalue weighted by atomic mass is 9.94. The van der Waals surface area contributed by atoms with Gasteiger partial charge in [0.05, 0.1) is 22.4 Å². The molecular weight excluding hydrogens is 302 g/mol. The predicted octanol–water partition coefficient (Wildman–Crippen LogP) is 2.08. The van der Waals surface area contributed by atoms with Crippen molar-refractivity contribution in [1.82, 2.24) is 5.01 Å². The number of hydrazone groups is 1. The standard InChI is InChI=1S/C16H18ClN3O2/c1-3-22-16-14(19-20-7-6-12(21)15(16)20)11-5-4-10(8-18)13(17)9(11)2/h4-5,12,15-16,21H,3,6-7H2,1-2H3. The Morgan fingerprint density at radius 2 is 2.32 bits per heavy atom. The van der Waals surface area contributed by atoms with Gasteiger partial charge in [-0.3, -0.25) is 5.01 Å². The van der Waals surface area contributed by atoms with Crippen LogP contribution in [0.25, 0.3) is 0 Å². The van der Waals surface area contributed by atoms with E-state index < -0.39 is 6.10 Å². The van der Waals surface area contributed by atoms with Crippen molar-refractivity contribution in [2.24, 2.45) is 5.10 Å². The molecule has 0 radical (unpaired) electrons. The van der Waals surface area contributed by atoms with Crippen LogP contribution in [0.4, 0.5) is 0 Å². The lowest BCUT2D eigenvalue weighted by molar-refractivity contribution is 0.0203. The number of aliphatic hydroxyl groups is 1. The Hall–Kier alpha value is -1.61. The van der Waals surface area contributed by atoms with Crippen LogP contribution in [0.1, 0.15) is 30.0 Å². The van der Waals surface area contributed by atoms with Crippen LogP contribution < -0.4 is 0 Å². The summed E-state index contributed by atoms with van der Waals surface area (Å²) in [5.41, 5.74) is 2.94. The van der Waals surface area contributed by atoms with Gasteiger partial charge in [-0.2, -0.15) is 10.4 Å². The van der Waals surface area contributed by atoms with Gasteiger partial charge in [0.15, 0.2) is 0 Å². The van der Waals surface area contributed by atoms with Crippen molar-refractivity contribution in [3.05, 3.63) is 33.8 Å². The van der Waals surface area contributed by atoms with Crippen molar-refractivity contribution in [1.29, 1.82) is 5.26 Å². The molecule has 2 aliphatic heterocycles. The molecule has 1 aromatic rings. The second kappa shape index (κ2) is 5.88. The van der Waals surface area contributed by atoms with E-state index in [0.717, 1.165) is 23.4 Å². The zero-order chi connectivity index (χ0) is 15.9. The maximum absolute atomic E-state index is 10.2. The molecule has 3 rings (SSSR count). The average molecular weight is 320 g/mol. The maximum Gasteiger partial charge on any atom is 0.126 e. The number of benzene rings is 1. The topological polar surface area (TPSA) is 68.8 Å². The molecule has 116 valence electrons. The first-order valence-corrected chi connectivity index (χ1v) is 7.80. The second-order valence-corrected chi connectivity index (χ2v) is 5.96. The van der Waals surface area contributed by atoms with Crippen LogP contribution in [0.3, 0.4) is 0 Å². The van der Waals surface area contributed by atoms with Crippen molar-refractivity contribution >= 4 is 17.3 Å². The maximum atomic E-state index is 10.2. The minimum atomic E-state index is -0.438. The fourth-order valence-electron chi connectivity index (χ4n) is 3.23. The smallest absolute Gasteiger partial charge is 0.126 e. The molecule has 3 unspecified atom stereocenters. The summed E-state index contributed by atoms with van der Waals surface area (Å²) in [6.07, 6.45) is -0.00448. The first-order valence-electron chi connectivity index (χ1n) is 7.42. The van der Waals surface area contributed by atoms with Gasteiger partial charge in [-0.15, -0.1) is 0 Å². The molecule has 0 aliphatic carbocycles. The van der Waals surface area contributed by atoms with E-state index >= 15 is 0 Å². The van der Waals surface area contributed by atoms with Crippen LogP contribution in [0, 0.1) is 18.3 Å². The molecule has 6 heteroatoms. The highest BCUT2D eigenvalue weighted by atomic mass is 35.5. The highest BCUT2D eigenvalue weighted by Crippen LogP contribution is 2.34. The lowest BCUT2D eigenvalue weighted by Gasteiger charge is -2.24. The third-order valence-corrected chi connectivity index (χ3v) is 4.82. The number of rotatable bonds is 3. The Morgan fingerprint density at radius 3 is 3.00 bits per heavy atom. The van der Waals surface area contributed by atoms with Crippen molar-refractivity contribution in [3.63, 3.8) is 0 Å². The van der Waals surface area contributed by atoms with Crippen molar-refractivity contribution in [2.75, 3.05) is 13.2 Å². The number of halogens is 1. The molecule has 5 nitrogen and oxygen atoms in total. The summed E-state index contributed by atoms with van der Waals surface area (Å²) < 4.78 is 5.87. The van der Waals surface area contributed by atoms with E-state index in [2.05, 4.69) is 11.2 Å². The molecular formula is C16H18ClN3O2. The first kappa shape index (κ1) is 15.3. The predicted molar refractivity (Wildman–Crippen MR) is 84.0 cm³/mol. The molecule has 1 saturated heterocycles. The van der Waals surface area contributed by atoms with Crippen LogP contribution in [0.5, 0.6) is 0 Å². The summed E-state index contributed by atoms with van der Waals surface area (Å²) in [5, 5.41) is 26.3. The Morgan fingerprint density at radius 1 is 1.55 bits per heavy atom.